The zero-order valence-electron chi connectivity index (χ0n) is 14.1. The summed E-state index contributed by atoms with van der Waals surface area (Å²) in [7, 11) is 1.68. The van der Waals surface area contributed by atoms with Gasteiger partial charge in [-0.25, -0.2) is 0 Å². The highest BCUT2D eigenvalue weighted by atomic mass is 16.5. The second-order valence-corrected chi connectivity index (χ2v) is 6.73. The first kappa shape index (κ1) is 15.5. The topological polar surface area (TPSA) is 54.6 Å². The number of nitrogens with zero attached hydrogens (tertiary/aromatic N) is 1. The molecule has 1 aromatic heterocycles. The molecule has 128 valence electrons. The molecule has 2 aliphatic rings. The molecule has 0 aliphatic carbocycles. The Hall–Kier alpha value is -2.01. The molecular weight excluding hydrogens is 304 g/mol. The third kappa shape index (κ3) is 2.88. The first-order valence-corrected chi connectivity index (χ1v) is 8.81. The van der Waals surface area contributed by atoms with Crippen molar-refractivity contribution >= 4 is 16.8 Å². The van der Waals surface area contributed by atoms with Crippen LogP contribution in [0.4, 0.5) is 0 Å². The largest absolute Gasteiger partial charge is 0.497 e. The van der Waals surface area contributed by atoms with Crippen LogP contribution in [0.5, 0.6) is 5.75 Å². The minimum absolute atomic E-state index is 0.244. The first-order valence-electron chi connectivity index (χ1n) is 8.81. The number of carbonyl (C=O) groups excluding carboxylic acids is 1. The molecule has 2 aliphatic heterocycles. The Labute approximate surface area is 141 Å². The van der Waals surface area contributed by atoms with Gasteiger partial charge in [-0.15, -0.1) is 0 Å². The molecule has 5 nitrogen and oxygen atoms in total. The molecule has 0 saturated carbocycles. The lowest BCUT2D eigenvalue weighted by Crippen LogP contribution is -2.36. The van der Waals surface area contributed by atoms with Gasteiger partial charge in [-0.2, -0.15) is 0 Å². The second kappa shape index (κ2) is 6.48. The molecule has 1 N–H and O–H groups in total. The molecule has 3 heterocycles. The average molecular weight is 328 g/mol. The van der Waals surface area contributed by atoms with Crippen molar-refractivity contribution in [1.82, 2.24) is 9.88 Å². The van der Waals surface area contributed by atoms with Crippen LogP contribution in [0.1, 0.15) is 36.9 Å². The van der Waals surface area contributed by atoms with Crippen molar-refractivity contribution in [2.45, 2.75) is 44.8 Å². The predicted molar refractivity (Wildman–Crippen MR) is 92.2 cm³/mol. The standard InChI is InChI=1S/C19H24N2O3/c1-23-14-4-6-17-15(11-14)16-12-21(9-8-18(16)20-17)19(22)7-5-13-3-2-10-24-13/h4,6,11,13,20H,2-3,5,7-10,12H2,1H3/t13-/m0/s1. The fraction of sp³-hybridized carbons (Fsp3) is 0.526. The van der Waals surface area contributed by atoms with Crippen molar-refractivity contribution in [2.75, 3.05) is 20.3 Å². The lowest BCUT2D eigenvalue weighted by molar-refractivity contribution is -0.132. The summed E-state index contributed by atoms with van der Waals surface area (Å²) in [6, 6.07) is 6.08. The van der Waals surface area contributed by atoms with E-state index in [1.54, 1.807) is 7.11 Å². The van der Waals surface area contributed by atoms with Gasteiger partial charge in [-0.1, -0.05) is 0 Å². The fourth-order valence-corrected chi connectivity index (χ4v) is 3.85. The number of ether oxygens (including phenoxy) is 2. The van der Waals surface area contributed by atoms with Gasteiger partial charge in [0.1, 0.15) is 5.75 Å². The number of fused-ring (bicyclic) bond motifs is 3. The number of hydrogen-bond acceptors (Lipinski definition) is 3. The van der Waals surface area contributed by atoms with Gasteiger partial charge in [0.2, 0.25) is 5.91 Å². The Bertz CT molecular complexity index is 746. The molecule has 2 aromatic rings. The number of benzene rings is 1. The van der Waals surface area contributed by atoms with Crippen molar-refractivity contribution in [3.05, 3.63) is 29.5 Å². The summed E-state index contributed by atoms with van der Waals surface area (Å²) < 4.78 is 11.0. The monoisotopic (exact) mass is 328 g/mol. The van der Waals surface area contributed by atoms with Gasteiger partial charge in [0.25, 0.3) is 0 Å². The van der Waals surface area contributed by atoms with Crippen LogP contribution in [-0.2, 0) is 22.5 Å². The molecule has 1 fully saturated rings. The second-order valence-electron chi connectivity index (χ2n) is 6.73. The first-order chi connectivity index (χ1) is 11.7. The van der Waals surface area contributed by atoms with Gasteiger partial charge in [0.15, 0.2) is 0 Å². The van der Waals surface area contributed by atoms with Crippen molar-refractivity contribution in [3.63, 3.8) is 0 Å². The van der Waals surface area contributed by atoms with Gasteiger partial charge in [0.05, 0.1) is 13.2 Å². The number of H-pyrrole nitrogens is 1. The molecule has 1 saturated heterocycles. The quantitative estimate of drug-likeness (QED) is 0.938. The summed E-state index contributed by atoms with van der Waals surface area (Å²) in [5, 5.41) is 1.17. The van der Waals surface area contributed by atoms with Gasteiger partial charge >= 0.3 is 0 Å². The minimum Gasteiger partial charge on any atom is -0.497 e. The summed E-state index contributed by atoms with van der Waals surface area (Å²) in [5.74, 6) is 1.10. The summed E-state index contributed by atoms with van der Waals surface area (Å²) in [6.07, 6.45) is 4.84. The van der Waals surface area contributed by atoms with Crippen LogP contribution >= 0.6 is 0 Å². The maximum Gasteiger partial charge on any atom is 0.222 e. The van der Waals surface area contributed by atoms with E-state index < -0.39 is 0 Å². The number of aromatic amines is 1. The number of aromatic nitrogens is 1. The van der Waals surface area contributed by atoms with Crippen molar-refractivity contribution in [3.8, 4) is 5.75 Å². The Balaban J connectivity index is 1.48. The summed E-state index contributed by atoms with van der Waals surface area (Å²) in [5.41, 5.74) is 3.61. The summed E-state index contributed by atoms with van der Waals surface area (Å²) in [6.45, 7) is 2.33. The third-order valence-electron chi connectivity index (χ3n) is 5.24. The molecule has 5 heteroatoms. The van der Waals surface area contributed by atoms with Gasteiger partial charge in [-0.3, -0.25) is 4.79 Å². The van der Waals surface area contributed by atoms with Crippen LogP contribution in [0, 0.1) is 0 Å². The number of amides is 1. The van der Waals surface area contributed by atoms with E-state index in [1.165, 1.54) is 16.6 Å². The minimum atomic E-state index is 0.244. The van der Waals surface area contributed by atoms with Crippen LogP contribution in [0.2, 0.25) is 0 Å². The fourth-order valence-electron chi connectivity index (χ4n) is 3.85. The van der Waals surface area contributed by atoms with Crippen LogP contribution in [0.3, 0.4) is 0 Å². The molecule has 0 unspecified atom stereocenters. The number of methoxy groups -OCH3 is 1. The maximum atomic E-state index is 12.6. The molecule has 0 spiro atoms. The van der Waals surface area contributed by atoms with Crippen molar-refractivity contribution in [1.29, 1.82) is 0 Å². The molecule has 1 aromatic carbocycles. The molecule has 24 heavy (non-hydrogen) atoms. The van der Waals surface area contributed by atoms with Crippen LogP contribution in [0.15, 0.2) is 18.2 Å². The molecule has 1 amide bonds. The number of nitrogens with one attached hydrogen (secondary N) is 1. The van der Waals surface area contributed by atoms with Gasteiger partial charge in [0, 0.05) is 54.7 Å². The maximum absolute atomic E-state index is 12.6. The van der Waals surface area contributed by atoms with Gasteiger partial charge in [-0.05, 0) is 37.5 Å². The van der Waals surface area contributed by atoms with Crippen LogP contribution in [-0.4, -0.2) is 42.2 Å². The predicted octanol–water partition coefficient (Wildman–Crippen LogP) is 3.02. The molecule has 1 atom stereocenters. The number of rotatable bonds is 4. The Morgan fingerprint density at radius 3 is 3.17 bits per heavy atom. The van der Waals surface area contributed by atoms with Crippen molar-refractivity contribution < 1.29 is 14.3 Å². The summed E-state index contributed by atoms with van der Waals surface area (Å²) in [4.78, 5) is 18.1. The SMILES string of the molecule is COc1ccc2[nH]c3c(c2c1)CN(C(=O)CC[C@@H]1CCCO1)CC3. The highest BCUT2D eigenvalue weighted by molar-refractivity contribution is 5.87. The Morgan fingerprint density at radius 1 is 1.46 bits per heavy atom. The number of carbonyl (C=O) groups is 1. The third-order valence-corrected chi connectivity index (χ3v) is 5.24. The van der Waals surface area contributed by atoms with E-state index in [0.29, 0.717) is 13.0 Å². The van der Waals surface area contributed by atoms with Gasteiger partial charge < -0.3 is 19.4 Å². The van der Waals surface area contributed by atoms with E-state index in [-0.39, 0.29) is 12.0 Å². The highest BCUT2D eigenvalue weighted by Gasteiger charge is 2.25. The number of hydrogen-bond donors (Lipinski definition) is 1. The lowest BCUT2D eigenvalue weighted by Gasteiger charge is -2.27. The van der Waals surface area contributed by atoms with Crippen molar-refractivity contribution in [2.24, 2.45) is 0 Å². The highest BCUT2D eigenvalue weighted by Crippen LogP contribution is 2.31. The molecule has 0 radical (unpaired) electrons. The average Bonchev–Trinajstić information content (AvgIpc) is 3.26. The van der Waals surface area contributed by atoms with E-state index in [1.807, 2.05) is 11.0 Å². The Kier molecular flexibility index (Phi) is 4.19. The zero-order chi connectivity index (χ0) is 16.5. The van der Waals surface area contributed by atoms with E-state index >= 15 is 0 Å². The normalized spacial score (nSPS) is 20.4. The molecule has 0 bridgehead atoms. The lowest BCUT2D eigenvalue weighted by atomic mass is 10.0. The van der Waals surface area contributed by atoms with E-state index in [0.717, 1.165) is 50.1 Å². The Morgan fingerprint density at radius 2 is 2.38 bits per heavy atom. The molecular formula is C19H24N2O3. The zero-order valence-corrected chi connectivity index (χ0v) is 14.1. The molecule has 4 rings (SSSR count). The summed E-state index contributed by atoms with van der Waals surface area (Å²) >= 11 is 0. The van der Waals surface area contributed by atoms with E-state index in [9.17, 15) is 4.79 Å². The van der Waals surface area contributed by atoms with Crippen LogP contribution in [0.25, 0.3) is 10.9 Å². The van der Waals surface area contributed by atoms with Crippen LogP contribution < -0.4 is 4.74 Å². The smallest absolute Gasteiger partial charge is 0.222 e. The van der Waals surface area contributed by atoms with E-state index in [4.69, 9.17) is 9.47 Å². The van der Waals surface area contributed by atoms with E-state index in [2.05, 4.69) is 17.1 Å².